The van der Waals surface area contributed by atoms with Crippen LogP contribution in [-0.2, 0) is 11.3 Å². The Balaban J connectivity index is 0.00000192. The van der Waals surface area contributed by atoms with Crippen LogP contribution in [0.2, 0.25) is 0 Å². The zero-order chi connectivity index (χ0) is 15.2. The summed E-state index contributed by atoms with van der Waals surface area (Å²) in [5, 5.41) is 0. The van der Waals surface area contributed by atoms with Crippen LogP contribution in [0.5, 0.6) is 5.75 Å². The van der Waals surface area contributed by atoms with E-state index >= 15 is 0 Å². The summed E-state index contributed by atoms with van der Waals surface area (Å²) < 4.78 is 11.3. The quantitative estimate of drug-likeness (QED) is 0.895. The maximum atomic E-state index is 6.43. The average Bonchev–Trinajstić information content (AvgIpc) is 2.61. The van der Waals surface area contributed by atoms with Gasteiger partial charge in [0.2, 0.25) is 0 Å². The van der Waals surface area contributed by atoms with Crippen molar-refractivity contribution >= 4 is 12.4 Å². The average molecular weight is 334 g/mol. The van der Waals surface area contributed by atoms with Crippen molar-refractivity contribution in [3.05, 3.63) is 65.7 Å². The van der Waals surface area contributed by atoms with Gasteiger partial charge < -0.3 is 15.2 Å². The van der Waals surface area contributed by atoms with E-state index in [4.69, 9.17) is 15.2 Å². The van der Waals surface area contributed by atoms with Crippen molar-refractivity contribution in [2.45, 2.75) is 25.5 Å². The van der Waals surface area contributed by atoms with Crippen LogP contribution in [0.15, 0.2) is 54.6 Å². The molecule has 0 spiro atoms. The van der Waals surface area contributed by atoms with Crippen LogP contribution < -0.4 is 10.5 Å². The maximum Gasteiger partial charge on any atom is 0.120 e. The Morgan fingerprint density at radius 1 is 1.04 bits per heavy atom. The molecule has 1 atom stereocenters. The minimum absolute atomic E-state index is 0. The summed E-state index contributed by atoms with van der Waals surface area (Å²) in [6.07, 6.45) is 2.08. The van der Waals surface area contributed by atoms with Gasteiger partial charge in [0.05, 0.1) is 0 Å². The summed E-state index contributed by atoms with van der Waals surface area (Å²) >= 11 is 0. The van der Waals surface area contributed by atoms with Gasteiger partial charge in [-0.1, -0.05) is 42.5 Å². The van der Waals surface area contributed by atoms with E-state index in [0.29, 0.717) is 12.5 Å². The zero-order valence-electron chi connectivity index (χ0n) is 13.2. The molecule has 1 saturated heterocycles. The summed E-state index contributed by atoms with van der Waals surface area (Å²) in [5.41, 5.74) is 8.75. The van der Waals surface area contributed by atoms with Crippen LogP contribution >= 0.6 is 12.4 Å². The van der Waals surface area contributed by atoms with Crippen molar-refractivity contribution in [3.63, 3.8) is 0 Å². The molecule has 0 bridgehead atoms. The van der Waals surface area contributed by atoms with Crippen molar-refractivity contribution in [1.82, 2.24) is 0 Å². The van der Waals surface area contributed by atoms with E-state index < -0.39 is 0 Å². The highest BCUT2D eigenvalue weighted by Crippen LogP contribution is 2.29. The Labute approximate surface area is 144 Å². The van der Waals surface area contributed by atoms with Crippen molar-refractivity contribution < 1.29 is 9.47 Å². The van der Waals surface area contributed by atoms with E-state index in [1.807, 2.05) is 30.3 Å². The zero-order valence-corrected chi connectivity index (χ0v) is 14.0. The van der Waals surface area contributed by atoms with E-state index in [9.17, 15) is 0 Å². The predicted molar refractivity (Wildman–Crippen MR) is 94.9 cm³/mol. The first kappa shape index (κ1) is 17.8. The molecule has 2 aromatic rings. The van der Waals surface area contributed by atoms with Crippen LogP contribution in [0.4, 0.5) is 0 Å². The van der Waals surface area contributed by atoms with Gasteiger partial charge in [0.15, 0.2) is 0 Å². The second-order valence-electron chi connectivity index (χ2n) is 5.82. The summed E-state index contributed by atoms with van der Waals surface area (Å²) in [6.45, 7) is 2.22. The van der Waals surface area contributed by atoms with Crippen LogP contribution in [0.1, 0.15) is 30.0 Å². The number of ether oxygens (including phenoxy) is 2. The molecule has 3 nitrogen and oxygen atoms in total. The first-order valence-electron chi connectivity index (χ1n) is 7.93. The monoisotopic (exact) mass is 333 g/mol. The molecule has 0 amide bonds. The fraction of sp³-hybridized carbons (Fsp3) is 0.368. The molecule has 3 rings (SSSR count). The molecule has 0 radical (unpaired) electrons. The molecular formula is C19H24ClNO2. The van der Waals surface area contributed by atoms with Crippen LogP contribution in [0.25, 0.3) is 0 Å². The van der Waals surface area contributed by atoms with Crippen molar-refractivity contribution in [1.29, 1.82) is 0 Å². The normalized spacial score (nSPS) is 16.4. The molecule has 1 fully saturated rings. The predicted octanol–water partition coefficient (Wildman–Crippen LogP) is 4.11. The van der Waals surface area contributed by atoms with Gasteiger partial charge in [0.1, 0.15) is 12.4 Å². The van der Waals surface area contributed by atoms with Crippen LogP contribution in [0, 0.1) is 5.92 Å². The van der Waals surface area contributed by atoms with Gasteiger partial charge >= 0.3 is 0 Å². The molecular weight excluding hydrogens is 310 g/mol. The van der Waals surface area contributed by atoms with Gasteiger partial charge in [0.25, 0.3) is 0 Å². The number of benzene rings is 2. The van der Waals surface area contributed by atoms with E-state index in [-0.39, 0.29) is 18.4 Å². The van der Waals surface area contributed by atoms with Gasteiger partial charge in [-0.25, -0.2) is 0 Å². The highest BCUT2D eigenvalue weighted by molar-refractivity contribution is 5.85. The van der Waals surface area contributed by atoms with Crippen molar-refractivity contribution in [3.8, 4) is 5.75 Å². The fourth-order valence-corrected chi connectivity index (χ4v) is 2.90. The lowest BCUT2D eigenvalue weighted by Crippen LogP contribution is -2.27. The topological polar surface area (TPSA) is 44.5 Å². The van der Waals surface area contributed by atoms with E-state index in [2.05, 4.69) is 24.3 Å². The molecule has 0 saturated carbocycles. The van der Waals surface area contributed by atoms with E-state index in [1.54, 1.807) is 0 Å². The lowest BCUT2D eigenvalue weighted by atomic mass is 9.88. The molecule has 124 valence electrons. The molecule has 0 aromatic heterocycles. The molecule has 2 aromatic carbocycles. The summed E-state index contributed by atoms with van der Waals surface area (Å²) in [6, 6.07) is 18.4. The Hall–Kier alpha value is -1.55. The molecule has 1 aliphatic rings. The third-order valence-electron chi connectivity index (χ3n) is 4.27. The highest BCUT2D eigenvalue weighted by Gasteiger charge is 2.22. The first-order chi connectivity index (χ1) is 10.8. The smallest absolute Gasteiger partial charge is 0.120 e. The largest absolute Gasteiger partial charge is 0.489 e. The summed E-state index contributed by atoms with van der Waals surface area (Å²) in [5.74, 6) is 1.38. The molecule has 2 N–H and O–H groups in total. The summed E-state index contributed by atoms with van der Waals surface area (Å²) in [7, 11) is 0. The minimum Gasteiger partial charge on any atom is -0.489 e. The number of rotatable bonds is 5. The molecule has 1 aliphatic heterocycles. The lowest BCUT2D eigenvalue weighted by molar-refractivity contribution is 0.0583. The number of hydrogen-bond donors (Lipinski definition) is 1. The second kappa shape index (κ2) is 8.92. The van der Waals surface area contributed by atoms with E-state index in [1.165, 1.54) is 5.56 Å². The van der Waals surface area contributed by atoms with Crippen LogP contribution in [-0.4, -0.2) is 13.2 Å². The Morgan fingerprint density at radius 2 is 1.78 bits per heavy atom. The molecule has 0 aliphatic carbocycles. The SMILES string of the molecule is Cl.N[C@H](c1cccc(OCc2ccccc2)c1)C1CCOCC1. The molecule has 0 unspecified atom stereocenters. The maximum absolute atomic E-state index is 6.43. The van der Waals surface area contributed by atoms with Gasteiger partial charge in [-0.15, -0.1) is 12.4 Å². The van der Waals surface area contributed by atoms with Gasteiger partial charge in [-0.2, -0.15) is 0 Å². The fourth-order valence-electron chi connectivity index (χ4n) is 2.90. The molecule has 23 heavy (non-hydrogen) atoms. The van der Waals surface area contributed by atoms with Crippen molar-refractivity contribution in [2.24, 2.45) is 11.7 Å². The van der Waals surface area contributed by atoms with Gasteiger partial charge in [-0.3, -0.25) is 0 Å². The highest BCUT2D eigenvalue weighted by atomic mass is 35.5. The standard InChI is InChI=1S/C19H23NO2.ClH/c20-19(16-9-11-21-12-10-16)17-7-4-8-18(13-17)22-14-15-5-2-1-3-6-15;/h1-8,13,16,19H,9-12,14,20H2;1H/t19-;/m0./s1. The number of halogens is 1. The Kier molecular flexibility index (Phi) is 6.90. The Morgan fingerprint density at radius 3 is 2.52 bits per heavy atom. The molecule has 4 heteroatoms. The molecule has 1 heterocycles. The summed E-state index contributed by atoms with van der Waals surface area (Å²) in [4.78, 5) is 0. The Bertz CT molecular complexity index is 585. The third-order valence-corrected chi connectivity index (χ3v) is 4.27. The lowest BCUT2D eigenvalue weighted by Gasteiger charge is -2.28. The number of hydrogen-bond acceptors (Lipinski definition) is 3. The van der Waals surface area contributed by atoms with Crippen molar-refractivity contribution in [2.75, 3.05) is 13.2 Å². The van der Waals surface area contributed by atoms with E-state index in [0.717, 1.165) is 37.4 Å². The third kappa shape index (κ3) is 4.96. The van der Waals surface area contributed by atoms with Gasteiger partial charge in [0, 0.05) is 19.3 Å². The minimum atomic E-state index is 0. The van der Waals surface area contributed by atoms with Gasteiger partial charge in [-0.05, 0) is 42.0 Å². The first-order valence-corrected chi connectivity index (χ1v) is 7.93. The van der Waals surface area contributed by atoms with Crippen LogP contribution in [0.3, 0.4) is 0 Å². The second-order valence-corrected chi connectivity index (χ2v) is 5.82. The number of nitrogens with two attached hydrogens (primary N) is 1.